The maximum Gasteiger partial charge on any atom is 0.272 e. The first-order valence-electron chi connectivity index (χ1n) is 11.4. The van der Waals surface area contributed by atoms with Crippen molar-refractivity contribution in [3.8, 4) is 0 Å². The third-order valence-electron chi connectivity index (χ3n) is 5.60. The number of amides is 3. The Labute approximate surface area is 203 Å². The third kappa shape index (κ3) is 5.36. The molecule has 1 atom stereocenters. The van der Waals surface area contributed by atoms with E-state index in [-0.39, 0.29) is 22.2 Å². The molecular weight excluding hydrogens is 450 g/mol. The smallest absolute Gasteiger partial charge is 0.272 e. The third-order valence-corrected chi connectivity index (χ3v) is 6.45. The van der Waals surface area contributed by atoms with Gasteiger partial charge in [0.25, 0.3) is 11.8 Å². The average Bonchev–Trinajstić information content (AvgIpc) is 3.20. The molecule has 0 aliphatic heterocycles. The van der Waals surface area contributed by atoms with Gasteiger partial charge in [-0.25, -0.2) is 0 Å². The molecule has 1 unspecified atom stereocenters. The zero-order valence-electron chi connectivity index (χ0n) is 19.7. The Morgan fingerprint density at radius 3 is 2.44 bits per heavy atom. The molecule has 0 bridgehead atoms. The molecule has 34 heavy (non-hydrogen) atoms. The topological polar surface area (TPSA) is 131 Å². The van der Waals surface area contributed by atoms with E-state index in [1.807, 2.05) is 49.4 Å². The van der Waals surface area contributed by atoms with Gasteiger partial charge in [-0.1, -0.05) is 63.6 Å². The van der Waals surface area contributed by atoms with Crippen molar-refractivity contribution < 1.29 is 14.4 Å². The molecule has 0 spiro atoms. The second-order valence-corrected chi connectivity index (χ2v) is 9.36. The Morgan fingerprint density at radius 1 is 1.09 bits per heavy atom. The highest BCUT2D eigenvalue weighted by Crippen LogP contribution is 2.33. The molecule has 0 aliphatic rings. The van der Waals surface area contributed by atoms with Crippen LogP contribution >= 0.6 is 11.5 Å². The van der Waals surface area contributed by atoms with Gasteiger partial charge in [-0.05, 0) is 41.7 Å². The molecule has 0 aliphatic carbocycles. The molecule has 8 nitrogen and oxygen atoms in total. The predicted octanol–water partition coefficient (Wildman–Crippen LogP) is 3.96. The van der Waals surface area contributed by atoms with Crippen LogP contribution in [0, 0.1) is 5.92 Å². The molecule has 3 aromatic rings. The van der Waals surface area contributed by atoms with Crippen LogP contribution in [0.2, 0.25) is 0 Å². The lowest BCUT2D eigenvalue weighted by Crippen LogP contribution is -2.50. The number of fused-ring (bicyclic) bond motifs is 1. The van der Waals surface area contributed by atoms with Gasteiger partial charge in [-0.15, -0.1) is 0 Å². The number of primary amides is 1. The van der Waals surface area contributed by atoms with Gasteiger partial charge < -0.3 is 16.8 Å². The maximum absolute atomic E-state index is 13.9. The SMILES string of the molecule is CCCC(C(=O)NCCC(C)C)N(C(=O)c1snc(C(N)=O)c1N)c1cccc2ccccc12. The van der Waals surface area contributed by atoms with E-state index in [9.17, 15) is 14.4 Å². The van der Waals surface area contributed by atoms with Crippen LogP contribution in [0.15, 0.2) is 42.5 Å². The summed E-state index contributed by atoms with van der Waals surface area (Å²) in [6, 6.07) is 12.5. The summed E-state index contributed by atoms with van der Waals surface area (Å²) in [5.74, 6) is -1.09. The van der Waals surface area contributed by atoms with E-state index in [4.69, 9.17) is 11.5 Å². The number of nitrogens with one attached hydrogen (secondary N) is 1. The highest BCUT2D eigenvalue weighted by molar-refractivity contribution is 7.09. The first-order valence-corrected chi connectivity index (χ1v) is 12.2. The standard InChI is InChI=1S/C25H31N5O3S/c1-4-8-19(24(32)28-14-13-15(2)3)30(18-12-7-10-16-9-5-6-11-17(16)18)25(33)22-20(26)21(23(27)31)29-34-22/h5-7,9-12,15,19H,4,8,13-14,26H2,1-3H3,(H2,27,31)(H,28,32). The lowest BCUT2D eigenvalue weighted by Gasteiger charge is -2.32. The van der Waals surface area contributed by atoms with E-state index in [1.165, 1.54) is 4.90 Å². The number of nitrogens with two attached hydrogens (primary N) is 2. The van der Waals surface area contributed by atoms with E-state index < -0.39 is 17.9 Å². The maximum atomic E-state index is 13.9. The summed E-state index contributed by atoms with van der Waals surface area (Å²) in [6.07, 6.45) is 1.96. The van der Waals surface area contributed by atoms with Gasteiger partial charge in [0.2, 0.25) is 5.91 Å². The zero-order valence-corrected chi connectivity index (χ0v) is 20.5. The van der Waals surface area contributed by atoms with E-state index in [0.717, 1.165) is 28.7 Å². The summed E-state index contributed by atoms with van der Waals surface area (Å²) < 4.78 is 3.99. The number of rotatable bonds is 10. The first-order chi connectivity index (χ1) is 16.3. The number of nitrogen functional groups attached to an aromatic ring is 1. The van der Waals surface area contributed by atoms with Crippen molar-refractivity contribution in [2.75, 3.05) is 17.2 Å². The van der Waals surface area contributed by atoms with Crippen LogP contribution in [-0.4, -0.2) is 34.7 Å². The Hall–Kier alpha value is -3.46. The van der Waals surface area contributed by atoms with Gasteiger partial charge in [-0.3, -0.25) is 19.3 Å². The molecule has 1 heterocycles. The number of anilines is 2. The van der Waals surface area contributed by atoms with Crippen LogP contribution in [-0.2, 0) is 4.79 Å². The fourth-order valence-corrected chi connectivity index (χ4v) is 4.57. The molecule has 0 saturated heterocycles. The van der Waals surface area contributed by atoms with Crippen LogP contribution in [0.3, 0.4) is 0 Å². The highest BCUT2D eigenvalue weighted by Gasteiger charge is 2.35. The fraction of sp³-hybridized carbons (Fsp3) is 0.360. The van der Waals surface area contributed by atoms with Crippen molar-refractivity contribution in [1.82, 2.24) is 9.69 Å². The van der Waals surface area contributed by atoms with Crippen molar-refractivity contribution in [2.45, 2.75) is 46.1 Å². The van der Waals surface area contributed by atoms with Crippen molar-refractivity contribution in [3.63, 3.8) is 0 Å². The first kappa shape index (κ1) is 25.2. The summed E-state index contributed by atoms with van der Waals surface area (Å²) in [5, 5.41) is 4.75. The van der Waals surface area contributed by atoms with Crippen LogP contribution in [0.25, 0.3) is 10.8 Å². The predicted molar refractivity (Wildman–Crippen MR) is 137 cm³/mol. The monoisotopic (exact) mass is 481 g/mol. The highest BCUT2D eigenvalue weighted by atomic mass is 32.1. The van der Waals surface area contributed by atoms with Gasteiger partial charge in [0.05, 0.1) is 11.4 Å². The normalized spacial score (nSPS) is 12.0. The minimum absolute atomic E-state index is 0.0665. The molecule has 1 aromatic heterocycles. The number of aromatic nitrogens is 1. The Kier molecular flexibility index (Phi) is 8.22. The molecule has 0 radical (unpaired) electrons. The molecule has 180 valence electrons. The molecule has 2 aromatic carbocycles. The summed E-state index contributed by atoms with van der Waals surface area (Å²) >= 11 is 0.811. The van der Waals surface area contributed by atoms with Gasteiger partial charge in [0, 0.05) is 11.9 Å². The second kappa shape index (κ2) is 11.1. The number of nitrogens with zero attached hydrogens (tertiary/aromatic N) is 2. The minimum Gasteiger partial charge on any atom is -0.395 e. The molecule has 0 fully saturated rings. The number of hydrogen-bond donors (Lipinski definition) is 3. The quantitative estimate of drug-likeness (QED) is 0.403. The molecular formula is C25H31N5O3S. The second-order valence-electron chi connectivity index (χ2n) is 8.59. The zero-order chi connectivity index (χ0) is 24.8. The van der Waals surface area contributed by atoms with Gasteiger partial charge in [-0.2, -0.15) is 4.37 Å². The summed E-state index contributed by atoms with van der Waals surface area (Å²) in [4.78, 5) is 40.6. The molecule has 0 saturated carbocycles. The number of benzene rings is 2. The summed E-state index contributed by atoms with van der Waals surface area (Å²) in [6.45, 7) is 6.66. The van der Waals surface area contributed by atoms with Gasteiger partial charge in [0.1, 0.15) is 10.9 Å². The van der Waals surface area contributed by atoms with E-state index >= 15 is 0 Å². The number of hydrogen-bond acceptors (Lipinski definition) is 6. The Balaban J connectivity index is 2.13. The Morgan fingerprint density at radius 2 is 1.79 bits per heavy atom. The van der Waals surface area contributed by atoms with Crippen molar-refractivity contribution in [2.24, 2.45) is 11.7 Å². The van der Waals surface area contributed by atoms with Crippen molar-refractivity contribution in [1.29, 1.82) is 0 Å². The lowest BCUT2D eigenvalue weighted by atomic mass is 10.0. The van der Waals surface area contributed by atoms with Crippen LogP contribution in [0.1, 0.15) is 60.2 Å². The van der Waals surface area contributed by atoms with Gasteiger partial charge >= 0.3 is 0 Å². The van der Waals surface area contributed by atoms with Crippen molar-refractivity contribution >= 4 is 51.4 Å². The average molecular weight is 482 g/mol. The molecule has 3 rings (SSSR count). The number of carbonyl (C=O) groups is 3. The minimum atomic E-state index is -0.805. The van der Waals surface area contributed by atoms with E-state index in [1.54, 1.807) is 0 Å². The van der Waals surface area contributed by atoms with E-state index in [2.05, 4.69) is 23.5 Å². The lowest BCUT2D eigenvalue weighted by molar-refractivity contribution is -0.122. The van der Waals surface area contributed by atoms with Crippen molar-refractivity contribution in [3.05, 3.63) is 53.0 Å². The van der Waals surface area contributed by atoms with E-state index in [0.29, 0.717) is 31.0 Å². The fourth-order valence-electron chi connectivity index (χ4n) is 3.83. The van der Waals surface area contributed by atoms with Crippen LogP contribution in [0.5, 0.6) is 0 Å². The van der Waals surface area contributed by atoms with Crippen LogP contribution in [0.4, 0.5) is 11.4 Å². The largest absolute Gasteiger partial charge is 0.395 e. The molecule has 9 heteroatoms. The van der Waals surface area contributed by atoms with Crippen LogP contribution < -0.4 is 21.7 Å². The van der Waals surface area contributed by atoms with Gasteiger partial charge in [0.15, 0.2) is 5.69 Å². The summed E-state index contributed by atoms with van der Waals surface area (Å²) in [7, 11) is 0. The molecule has 5 N–H and O–H groups in total. The molecule has 3 amide bonds. The Bertz CT molecular complexity index is 1190. The number of carbonyl (C=O) groups excluding carboxylic acids is 3. The summed E-state index contributed by atoms with van der Waals surface area (Å²) in [5.41, 5.74) is 11.8.